The third kappa shape index (κ3) is 3.69. The van der Waals surface area contributed by atoms with Crippen LogP contribution in [0.1, 0.15) is 58.8 Å². The van der Waals surface area contributed by atoms with Gasteiger partial charge in [-0.05, 0) is 23.1 Å². The van der Waals surface area contributed by atoms with Gasteiger partial charge in [0.2, 0.25) is 0 Å². The Morgan fingerprint density at radius 3 is 2.05 bits per heavy atom. The molecule has 2 nitrogen and oxygen atoms in total. The molecule has 0 atom stereocenters. The molecule has 0 aromatic carbocycles. The zero-order valence-electron chi connectivity index (χ0n) is 13.1. The van der Waals surface area contributed by atoms with E-state index in [1.165, 1.54) is 5.57 Å². The molecule has 0 fully saturated rings. The number of rotatable bonds is 3. The van der Waals surface area contributed by atoms with Crippen LogP contribution in [0.5, 0.6) is 0 Å². The summed E-state index contributed by atoms with van der Waals surface area (Å²) in [5.74, 6) is 0.978. The van der Waals surface area contributed by atoms with Crippen LogP contribution in [-0.2, 0) is 5.41 Å². The van der Waals surface area contributed by atoms with Crippen molar-refractivity contribution in [1.82, 2.24) is 9.97 Å². The van der Waals surface area contributed by atoms with E-state index < -0.39 is 0 Å². The Morgan fingerprint density at radius 2 is 1.68 bits per heavy atom. The smallest absolute Gasteiger partial charge is 0.112 e. The second-order valence-electron chi connectivity index (χ2n) is 6.89. The number of hydrogen-bond acceptors (Lipinski definition) is 1. The van der Waals surface area contributed by atoms with Crippen molar-refractivity contribution >= 4 is 12.2 Å². The summed E-state index contributed by atoms with van der Waals surface area (Å²) in [6, 6.07) is 0. The maximum Gasteiger partial charge on any atom is 0.112 e. The topological polar surface area (TPSA) is 28.7 Å². The monoisotopic (exact) mass is 258 g/mol. The lowest BCUT2D eigenvalue weighted by atomic mass is 9.86. The van der Waals surface area contributed by atoms with Gasteiger partial charge in [-0.2, -0.15) is 0 Å². The molecule has 1 N–H and O–H groups in total. The largest absolute Gasteiger partial charge is 0.342 e. The summed E-state index contributed by atoms with van der Waals surface area (Å²) in [5, 5.41) is 0. The predicted octanol–water partition coefficient (Wildman–Crippen LogP) is 4.97. The highest BCUT2D eigenvalue weighted by Gasteiger charge is 2.20. The number of nitrogens with zero attached hydrogens (tertiary/aromatic N) is 1. The highest BCUT2D eigenvalue weighted by atomic mass is 14.9. The van der Waals surface area contributed by atoms with Crippen molar-refractivity contribution in [1.29, 1.82) is 0 Å². The van der Waals surface area contributed by atoms with Gasteiger partial charge in [0.25, 0.3) is 0 Å². The Balaban J connectivity index is 3.35. The van der Waals surface area contributed by atoms with Gasteiger partial charge in [0.05, 0.1) is 11.4 Å². The molecule has 0 spiro atoms. The Labute approximate surface area is 117 Å². The summed E-state index contributed by atoms with van der Waals surface area (Å²) in [7, 11) is 0. The van der Waals surface area contributed by atoms with Crippen LogP contribution in [0.15, 0.2) is 24.8 Å². The molecular formula is C17H26N2. The second kappa shape index (κ2) is 5.20. The zero-order chi connectivity index (χ0) is 14.8. The third-order valence-electron chi connectivity index (χ3n) is 3.05. The van der Waals surface area contributed by atoms with E-state index in [2.05, 4.69) is 70.7 Å². The van der Waals surface area contributed by atoms with E-state index in [1.807, 2.05) is 6.08 Å². The summed E-state index contributed by atoms with van der Waals surface area (Å²) in [6.45, 7) is 20.7. The van der Waals surface area contributed by atoms with E-state index in [1.54, 1.807) is 6.08 Å². The van der Waals surface area contributed by atoms with E-state index in [-0.39, 0.29) is 10.8 Å². The fraction of sp³-hybridized carbons (Fsp3) is 0.471. The summed E-state index contributed by atoms with van der Waals surface area (Å²) >= 11 is 0. The van der Waals surface area contributed by atoms with Gasteiger partial charge in [0.15, 0.2) is 0 Å². The van der Waals surface area contributed by atoms with Crippen molar-refractivity contribution in [2.24, 2.45) is 5.41 Å². The lowest BCUT2D eigenvalue weighted by molar-refractivity contribution is 0.520. The van der Waals surface area contributed by atoms with E-state index in [9.17, 15) is 0 Å². The normalized spacial score (nSPS) is 13.5. The molecule has 0 aliphatic rings. The summed E-state index contributed by atoms with van der Waals surface area (Å²) < 4.78 is 0. The van der Waals surface area contributed by atoms with E-state index >= 15 is 0 Å². The molecule has 0 unspecified atom stereocenters. The van der Waals surface area contributed by atoms with Gasteiger partial charge in [-0.25, -0.2) is 4.98 Å². The van der Waals surface area contributed by atoms with Gasteiger partial charge in [0.1, 0.15) is 5.82 Å². The quantitative estimate of drug-likeness (QED) is 0.762. The first-order chi connectivity index (χ1) is 8.59. The van der Waals surface area contributed by atoms with Crippen LogP contribution in [0.4, 0.5) is 0 Å². The Bertz CT molecular complexity index is 502. The van der Waals surface area contributed by atoms with Gasteiger partial charge < -0.3 is 4.98 Å². The average molecular weight is 258 g/mol. The first-order valence-corrected chi connectivity index (χ1v) is 6.67. The minimum Gasteiger partial charge on any atom is -0.342 e. The van der Waals surface area contributed by atoms with Gasteiger partial charge >= 0.3 is 0 Å². The van der Waals surface area contributed by atoms with Crippen LogP contribution in [-0.4, -0.2) is 9.97 Å². The number of H-pyrrole nitrogens is 1. The fourth-order valence-corrected chi connectivity index (χ4v) is 1.76. The Hall–Kier alpha value is -1.57. The summed E-state index contributed by atoms with van der Waals surface area (Å²) in [4.78, 5) is 8.02. The molecule has 0 radical (unpaired) electrons. The molecule has 0 amide bonds. The molecule has 0 saturated heterocycles. The standard InChI is InChI=1S/C17H26N2/c1-9-12(16(3,4)5)11-14-13(10-2)18-15(19-14)17(6,7)8/h9-11H,1-2H2,3-8H3,(H,18,19)/b12-11+. The van der Waals surface area contributed by atoms with Crippen LogP contribution in [0, 0.1) is 5.41 Å². The molecule has 0 aliphatic carbocycles. The predicted molar refractivity (Wildman–Crippen MR) is 85.0 cm³/mol. The van der Waals surface area contributed by atoms with E-state index in [4.69, 9.17) is 0 Å². The lowest BCUT2D eigenvalue weighted by Crippen LogP contribution is -2.13. The molecule has 0 saturated carbocycles. The molecule has 0 aliphatic heterocycles. The molecule has 1 heterocycles. The van der Waals surface area contributed by atoms with Crippen LogP contribution in [0.3, 0.4) is 0 Å². The lowest BCUT2D eigenvalue weighted by Gasteiger charge is -2.20. The number of hydrogen-bond donors (Lipinski definition) is 1. The molecular weight excluding hydrogens is 232 g/mol. The van der Waals surface area contributed by atoms with Crippen molar-refractivity contribution in [3.8, 4) is 0 Å². The van der Waals surface area contributed by atoms with Crippen molar-refractivity contribution in [3.63, 3.8) is 0 Å². The Morgan fingerprint density at radius 1 is 1.11 bits per heavy atom. The molecule has 104 valence electrons. The summed E-state index contributed by atoms with van der Waals surface area (Å²) in [5.41, 5.74) is 3.14. The van der Waals surface area contributed by atoms with Crippen LogP contribution >= 0.6 is 0 Å². The number of nitrogens with one attached hydrogen (secondary N) is 1. The van der Waals surface area contributed by atoms with Crippen molar-refractivity contribution in [3.05, 3.63) is 42.0 Å². The highest BCUT2D eigenvalue weighted by molar-refractivity contribution is 5.63. The molecule has 2 heteroatoms. The van der Waals surface area contributed by atoms with Crippen molar-refractivity contribution in [2.45, 2.75) is 47.0 Å². The van der Waals surface area contributed by atoms with Crippen LogP contribution < -0.4 is 0 Å². The van der Waals surface area contributed by atoms with E-state index in [0.29, 0.717) is 0 Å². The maximum atomic E-state index is 4.62. The number of aromatic nitrogens is 2. The highest BCUT2D eigenvalue weighted by Crippen LogP contribution is 2.29. The Kier molecular flexibility index (Phi) is 4.24. The minimum atomic E-state index is -0.0000746. The molecule has 1 aromatic heterocycles. The van der Waals surface area contributed by atoms with E-state index in [0.717, 1.165) is 17.2 Å². The van der Waals surface area contributed by atoms with Crippen molar-refractivity contribution in [2.75, 3.05) is 0 Å². The van der Waals surface area contributed by atoms with Gasteiger partial charge in [-0.3, -0.25) is 0 Å². The SMILES string of the molecule is C=C/C(=C\c1[nH]c(C(C)(C)C)nc1C=C)C(C)(C)C. The van der Waals surface area contributed by atoms with Gasteiger partial charge in [0, 0.05) is 5.41 Å². The zero-order valence-corrected chi connectivity index (χ0v) is 13.1. The average Bonchev–Trinajstić information content (AvgIpc) is 2.66. The second-order valence-corrected chi connectivity index (χ2v) is 6.89. The fourth-order valence-electron chi connectivity index (χ4n) is 1.76. The van der Waals surface area contributed by atoms with Gasteiger partial charge in [-0.15, -0.1) is 0 Å². The minimum absolute atomic E-state index is 0.0000746. The third-order valence-corrected chi connectivity index (χ3v) is 3.05. The summed E-state index contributed by atoms with van der Waals surface area (Å²) in [6.07, 6.45) is 5.82. The number of aromatic amines is 1. The molecule has 19 heavy (non-hydrogen) atoms. The molecule has 1 rings (SSSR count). The van der Waals surface area contributed by atoms with Crippen LogP contribution in [0.2, 0.25) is 0 Å². The molecule has 1 aromatic rings. The first kappa shape index (κ1) is 15.5. The van der Waals surface area contributed by atoms with Crippen LogP contribution in [0.25, 0.3) is 12.2 Å². The maximum absolute atomic E-state index is 4.62. The van der Waals surface area contributed by atoms with Gasteiger partial charge in [-0.1, -0.05) is 60.8 Å². The van der Waals surface area contributed by atoms with Crippen molar-refractivity contribution < 1.29 is 0 Å². The first-order valence-electron chi connectivity index (χ1n) is 6.67. The number of allylic oxidation sites excluding steroid dienone is 2. The number of imidazole rings is 1. The molecule has 0 bridgehead atoms.